The van der Waals surface area contributed by atoms with E-state index < -0.39 is 0 Å². The van der Waals surface area contributed by atoms with E-state index in [1.165, 1.54) is 19.0 Å². The maximum atomic E-state index is 12.5. The van der Waals surface area contributed by atoms with Gasteiger partial charge in [0.2, 0.25) is 0 Å². The van der Waals surface area contributed by atoms with E-state index in [-0.39, 0.29) is 5.91 Å². The number of hydrogen-bond donors (Lipinski definition) is 1. The molecule has 2 saturated heterocycles. The maximum Gasteiger partial charge on any atom is 0.255 e. The van der Waals surface area contributed by atoms with Crippen molar-refractivity contribution in [1.82, 2.24) is 14.8 Å². The van der Waals surface area contributed by atoms with Crippen molar-refractivity contribution in [2.45, 2.75) is 25.3 Å². The molecule has 2 aliphatic heterocycles. The largest absolute Gasteiger partial charge is 0.384 e. The van der Waals surface area contributed by atoms with Crippen molar-refractivity contribution in [3.8, 4) is 0 Å². The van der Waals surface area contributed by atoms with Crippen LogP contribution in [0.1, 0.15) is 29.6 Å². The fourth-order valence-corrected chi connectivity index (χ4v) is 3.30. The second kappa shape index (κ2) is 5.58. The highest BCUT2D eigenvalue weighted by atomic mass is 35.5. The number of nitrogens with zero attached hydrogens (tertiary/aromatic N) is 3. The van der Waals surface area contributed by atoms with Crippen LogP contribution in [-0.2, 0) is 0 Å². The zero-order chi connectivity index (χ0) is 14.1. The monoisotopic (exact) mass is 294 g/mol. The quantitative estimate of drug-likeness (QED) is 0.900. The van der Waals surface area contributed by atoms with Crippen molar-refractivity contribution in [3.63, 3.8) is 0 Å². The summed E-state index contributed by atoms with van der Waals surface area (Å²) < 4.78 is 0. The van der Waals surface area contributed by atoms with Gasteiger partial charge in [-0.2, -0.15) is 0 Å². The molecule has 1 aromatic heterocycles. The highest BCUT2D eigenvalue weighted by molar-refractivity contribution is 6.33. The summed E-state index contributed by atoms with van der Waals surface area (Å²) in [4.78, 5) is 20.8. The fourth-order valence-electron chi connectivity index (χ4n) is 3.12. The first-order valence-corrected chi connectivity index (χ1v) is 7.47. The first-order valence-electron chi connectivity index (χ1n) is 7.09. The number of anilines is 1. The minimum Gasteiger partial charge on any atom is -0.384 e. The van der Waals surface area contributed by atoms with E-state index in [2.05, 4.69) is 9.88 Å². The van der Waals surface area contributed by atoms with Crippen molar-refractivity contribution >= 4 is 23.3 Å². The van der Waals surface area contributed by atoms with Gasteiger partial charge < -0.3 is 10.6 Å². The number of carbonyl (C=O) groups excluding carboxylic acids is 1. The van der Waals surface area contributed by atoms with E-state index in [1.807, 2.05) is 4.90 Å². The zero-order valence-electron chi connectivity index (χ0n) is 11.4. The number of hydrogen-bond acceptors (Lipinski definition) is 4. The second-order valence-electron chi connectivity index (χ2n) is 5.53. The Morgan fingerprint density at radius 1 is 1.35 bits per heavy atom. The van der Waals surface area contributed by atoms with Gasteiger partial charge >= 0.3 is 0 Å². The number of amides is 1. The fraction of sp³-hybridized carbons (Fsp3) is 0.571. The molecule has 2 aliphatic rings. The molecule has 1 amide bonds. The van der Waals surface area contributed by atoms with Crippen LogP contribution in [-0.4, -0.2) is 52.9 Å². The van der Waals surface area contributed by atoms with Gasteiger partial charge in [0.1, 0.15) is 5.82 Å². The van der Waals surface area contributed by atoms with Gasteiger partial charge in [-0.3, -0.25) is 9.69 Å². The molecule has 0 bridgehead atoms. The minimum atomic E-state index is -0.0363. The summed E-state index contributed by atoms with van der Waals surface area (Å²) in [5.74, 6) is 0.291. The van der Waals surface area contributed by atoms with E-state index in [4.69, 9.17) is 17.3 Å². The molecule has 0 spiro atoms. The van der Waals surface area contributed by atoms with Gasteiger partial charge in [0, 0.05) is 25.3 Å². The van der Waals surface area contributed by atoms with E-state index >= 15 is 0 Å². The number of nitrogen functional groups attached to an aromatic ring is 1. The Balaban J connectivity index is 1.70. The predicted octanol–water partition coefficient (Wildman–Crippen LogP) is 1.63. The topological polar surface area (TPSA) is 62.5 Å². The minimum absolute atomic E-state index is 0.0363. The van der Waals surface area contributed by atoms with Crippen LogP contribution < -0.4 is 5.73 Å². The third-order valence-electron chi connectivity index (χ3n) is 4.21. The van der Waals surface area contributed by atoms with Crippen LogP contribution in [0, 0.1) is 0 Å². The molecule has 3 rings (SSSR count). The Hall–Kier alpha value is -1.33. The van der Waals surface area contributed by atoms with E-state index in [0.29, 0.717) is 22.4 Å². The highest BCUT2D eigenvalue weighted by Gasteiger charge is 2.32. The lowest BCUT2D eigenvalue weighted by atomic mass is 10.2. The van der Waals surface area contributed by atoms with Gasteiger partial charge in [0.05, 0.1) is 10.6 Å². The number of pyridine rings is 1. The summed E-state index contributed by atoms with van der Waals surface area (Å²) >= 11 is 6.06. The molecule has 0 radical (unpaired) electrons. The van der Waals surface area contributed by atoms with Crippen molar-refractivity contribution in [3.05, 3.63) is 22.8 Å². The molecule has 2 fully saturated rings. The summed E-state index contributed by atoms with van der Waals surface area (Å²) in [6.07, 6.45) is 5.04. The van der Waals surface area contributed by atoms with E-state index in [9.17, 15) is 4.79 Å². The molecule has 108 valence electrons. The van der Waals surface area contributed by atoms with Crippen molar-refractivity contribution < 1.29 is 4.79 Å². The highest BCUT2D eigenvalue weighted by Crippen LogP contribution is 2.24. The van der Waals surface area contributed by atoms with Gasteiger partial charge in [0.15, 0.2) is 0 Å². The van der Waals surface area contributed by atoms with Crippen molar-refractivity contribution in [2.75, 3.05) is 31.9 Å². The molecule has 0 aromatic carbocycles. The first-order chi connectivity index (χ1) is 9.65. The summed E-state index contributed by atoms with van der Waals surface area (Å²) in [5, 5.41) is 0.369. The van der Waals surface area contributed by atoms with Crippen LogP contribution in [0.5, 0.6) is 0 Å². The summed E-state index contributed by atoms with van der Waals surface area (Å²) in [7, 11) is 0. The van der Waals surface area contributed by atoms with Crippen molar-refractivity contribution in [1.29, 1.82) is 0 Å². The zero-order valence-corrected chi connectivity index (χ0v) is 12.1. The maximum absolute atomic E-state index is 12.5. The number of likely N-dealkylation sites (tertiary alicyclic amines) is 2. The van der Waals surface area contributed by atoms with Crippen LogP contribution in [0.15, 0.2) is 12.3 Å². The number of halogens is 1. The molecule has 1 unspecified atom stereocenters. The molecular weight excluding hydrogens is 276 g/mol. The number of nitrogens with two attached hydrogens (primary N) is 1. The Morgan fingerprint density at radius 3 is 2.85 bits per heavy atom. The second-order valence-corrected chi connectivity index (χ2v) is 5.93. The Morgan fingerprint density at radius 2 is 2.10 bits per heavy atom. The SMILES string of the molecule is Nc1cc(C(=O)N2CCC(N3CCCC3)C2)c(Cl)cn1. The van der Waals surface area contributed by atoms with E-state index in [0.717, 1.165) is 32.6 Å². The number of carbonyl (C=O) groups is 1. The molecule has 5 nitrogen and oxygen atoms in total. The predicted molar refractivity (Wildman–Crippen MR) is 78.8 cm³/mol. The molecule has 0 aliphatic carbocycles. The lowest BCUT2D eigenvalue weighted by molar-refractivity contribution is 0.0780. The van der Waals surface area contributed by atoms with Crippen LogP contribution in [0.25, 0.3) is 0 Å². The summed E-state index contributed by atoms with van der Waals surface area (Å²) in [6.45, 7) is 3.90. The Bertz CT molecular complexity index is 516. The molecule has 2 N–H and O–H groups in total. The molecule has 1 aromatic rings. The molecule has 20 heavy (non-hydrogen) atoms. The van der Waals surface area contributed by atoms with Crippen LogP contribution in [0.3, 0.4) is 0 Å². The van der Waals surface area contributed by atoms with E-state index in [1.54, 1.807) is 6.07 Å². The lowest BCUT2D eigenvalue weighted by Crippen LogP contribution is -2.37. The summed E-state index contributed by atoms with van der Waals surface area (Å²) in [6, 6.07) is 2.06. The van der Waals surface area contributed by atoms with Gasteiger partial charge in [0.25, 0.3) is 5.91 Å². The lowest BCUT2D eigenvalue weighted by Gasteiger charge is -2.23. The normalized spacial score (nSPS) is 23.4. The van der Waals surface area contributed by atoms with Gasteiger partial charge in [-0.1, -0.05) is 11.6 Å². The van der Waals surface area contributed by atoms with Gasteiger partial charge in [-0.05, 0) is 38.4 Å². The van der Waals surface area contributed by atoms with Crippen LogP contribution in [0.4, 0.5) is 5.82 Å². The Labute approximate surface area is 123 Å². The average molecular weight is 295 g/mol. The molecule has 3 heterocycles. The molecule has 0 saturated carbocycles. The molecule has 1 atom stereocenters. The first kappa shape index (κ1) is 13.6. The van der Waals surface area contributed by atoms with Gasteiger partial charge in [-0.15, -0.1) is 0 Å². The smallest absolute Gasteiger partial charge is 0.255 e. The average Bonchev–Trinajstić information content (AvgIpc) is 3.10. The summed E-state index contributed by atoms with van der Waals surface area (Å²) in [5.41, 5.74) is 6.10. The van der Waals surface area contributed by atoms with Gasteiger partial charge in [-0.25, -0.2) is 4.98 Å². The number of rotatable bonds is 2. The Kier molecular flexibility index (Phi) is 3.81. The third kappa shape index (κ3) is 2.60. The molecule has 6 heteroatoms. The molecular formula is C14H19ClN4O. The third-order valence-corrected chi connectivity index (χ3v) is 4.52. The standard InChI is InChI=1S/C14H19ClN4O/c15-12-8-17-13(16)7-11(12)14(20)19-6-3-10(9-19)18-4-1-2-5-18/h7-8,10H,1-6,9H2,(H2,16,17). The number of aromatic nitrogens is 1. The van der Waals surface area contributed by atoms with Crippen LogP contribution in [0.2, 0.25) is 5.02 Å². The van der Waals surface area contributed by atoms with Crippen molar-refractivity contribution in [2.24, 2.45) is 0 Å². The van der Waals surface area contributed by atoms with Crippen LogP contribution >= 0.6 is 11.6 Å².